The van der Waals surface area contributed by atoms with Crippen LogP contribution >= 0.6 is 11.3 Å². The minimum Gasteiger partial charge on any atom is -0.319 e. The molecule has 0 saturated carbocycles. The van der Waals surface area contributed by atoms with Gasteiger partial charge in [-0.15, -0.1) is 0 Å². The molecule has 1 aromatic heterocycles. The van der Waals surface area contributed by atoms with E-state index >= 15 is 0 Å². The number of urea groups is 1. The first-order chi connectivity index (χ1) is 10.9. The topological polar surface area (TPSA) is 66.5 Å². The molecule has 1 aliphatic heterocycles. The van der Waals surface area contributed by atoms with Gasteiger partial charge in [0.05, 0.1) is 6.54 Å². The van der Waals surface area contributed by atoms with E-state index in [0.717, 1.165) is 17.0 Å². The molecule has 5 nitrogen and oxygen atoms in total. The van der Waals surface area contributed by atoms with Crippen LogP contribution in [0.4, 0.5) is 9.18 Å². The summed E-state index contributed by atoms with van der Waals surface area (Å²) in [4.78, 5) is 37.8. The highest BCUT2D eigenvalue weighted by Crippen LogP contribution is 2.30. The molecule has 0 aliphatic carbocycles. The van der Waals surface area contributed by atoms with Gasteiger partial charge in [-0.3, -0.25) is 14.5 Å². The quantitative estimate of drug-likeness (QED) is 0.691. The first-order valence-corrected chi connectivity index (χ1v) is 7.81. The Labute approximate surface area is 135 Å². The molecule has 1 fully saturated rings. The van der Waals surface area contributed by atoms with Crippen molar-refractivity contribution in [2.24, 2.45) is 0 Å². The number of ketones is 1. The highest BCUT2D eigenvalue weighted by molar-refractivity contribution is 7.08. The summed E-state index contributed by atoms with van der Waals surface area (Å²) in [5.41, 5.74) is -0.242. The van der Waals surface area contributed by atoms with Crippen LogP contribution in [0.25, 0.3) is 0 Å². The van der Waals surface area contributed by atoms with Crippen molar-refractivity contribution >= 4 is 29.1 Å². The lowest BCUT2D eigenvalue weighted by Crippen LogP contribution is -2.41. The Morgan fingerprint density at radius 2 is 1.96 bits per heavy atom. The molecule has 1 saturated heterocycles. The molecule has 2 heterocycles. The number of nitrogens with one attached hydrogen (secondary N) is 1. The molecule has 0 radical (unpaired) electrons. The minimum absolute atomic E-state index is 0.246. The molecule has 23 heavy (non-hydrogen) atoms. The molecule has 118 valence electrons. The Hall–Kier alpha value is -2.54. The second kappa shape index (κ2) is 5.58. The van der Waals surface area contributed by atoms with Crippen LogP contribution in [0.15, 0.2) is 41.1 Å². The average molecular weight is 332 g/mol. The lowest BCUT2D eigenvalue weighted by atomic mass is 9.95. The normalized spacial score (nSPS) is 20.7. The first kappa shape index (κ1) is 15.4. The lowest BCUT2D eigenvalue weighted by molar-refractivity contribution is -0.130. The van der Waals surface area contributed by atoms with E-state index in [4.69, 9.17) is 0 Å². The maximum atomic E-state index is 12.9. The third-order valence-electron chi connectivity index (χ3n) is 3.84. The highest BCUT2D eigenvalue weighted by atomic mass is 32.1. The second-order valence-corrected chi connectivity index (χ2v) is 6.17. The number of nitrogens with zero attached hydrogens (tertiary/aromatic N) is 1. The van der Waals surface area contributed by atoms with Crippen molar-refractivity contribution in [3.63, 3.8) is 0 Å². The number of imide groups is 1. The van der Waals surface area contributed by atoms with Gasteiger partial charge in [-0.25, -0.2) is 9.18 Å². The molecule has 3 amide bonds. The number of Topliss-reactive ketones (excluding diaryl/α,β-unsaturated/α-hetero) is 1. The molecule has 1 N–H and O–H groups in total. The van der Waals surface area contributed by atoms with Crippen LogP contribution < -0.4 is 5.32 Å². The maximum absolute atomic E-state index is 12.9. The van der Waals surface area contributed by atoms with Gasteiger partial charge in [0.15, 0.2) is 5.78 Å². The molecule has 1 aromatic carbocycles. The third-order valence-corrected chi connectivity index (χ3v) is 4.52. The van der Waals surface area contributed by atoms with Gasteiger partial charge in [0, 0.05) is 5.56 Å². The maximum Gasteiger partial charge on any atom is 0.325 e. The predicted octanol–water partition coefficient (Wildman–Crippen LogP) is 2.54. The monoisotopic (exact) mass is 332 g/mol. The average Bonchev–Trinajstić information content (AvgIpc) is 3.12. The molecular formula is C16H13FN2O3S. The van der Waals surface area contributed by atoms with Gasteiger partial charge < -0.3 is 5.32 Å². The summed E-state index contributed by atoms with van der Waals surface area (Å²) in [6.45, 7) is 1.23. The zero-order chi connectivity index (χ0) is 16.6. The first-order valence-electron chi connectivity index (χ1n) is 6.87. The highest BCUT2D eigenvalue weighted by Gasteiger charge is 2.49. The van der Waals surface area contributed by atoms with Crippen molar-refractivity contribution in [1.82, 2.24) is 10.2 Å². The van der Waals surface area contributed by atoms with Crippen molar-refractivity contribution in [2.45, 2.75) is 12.5 Å². The SMILES string of the molecule is C[C@@]1(c2ccsc2)NC(=O)N(CC(=O)c2ccc(F)cc2)C1=O. The molecule has 0 unspecified atom stereocenters. The summed E-state index contributed by atoms with van der Waals surface area (Å²) < 4.78 is 12.9. The second-order valence-electron chi connectivity index (χ2n) is 5.39. The van der Waals surface area contributed by atoms with Crippen molar-refractivity contribution < 1.29 is 18.8 Å². The number of hydrogen-bond acceptors (Lipinski definition) is 4. The Balaban J connectivity index is 1.81. The smallest absolute Gasteiger partial charge is 0.319 e. The number of rotatable bonds is 4. The van der Waals surface area contributed by atoms with Gasteiger partial charge in [-0.1, -0.05) is 0 Å². The Bertz CT molecular complexity index is 773. The number of halogens is 1. The number of hydrogen-bond donors (Lipinski definition) is 1. The van der Waals surface area contributed by atoms with Crippen LogP contribution in [0.1, 0.15) is 22.8 Å². The van der Waals surface area contributed by atoms with E-state index in [9.17, 15) is 18.8 Å². The van der Waals surface area contributed by atoms with Crippen molar-refractivity contribution in [3.8, 4) is 0 Å². The van der Waals surface area contributed by atoms with E-state index in [1.54, 1.807) is 18.4 Å². The van der Waals surface area contributed by atoms with Crippen LogP contribution in [0.2, 0.25) is 0 Å². The van der Waals surface area contributed by atoms with E-state index in [2.05, 4.69) is 5.32 Å². The predicted molar refractivity (Wildman–Crippen MR) is 82.6 cm³/mol. The van der Waals surface area contributed by atoms with Gasteiger partial charge in [0.1, 0.15) is 11.4 Å². The Morgan fingerprint density at radius 1 is 1.26 bits per heavy atom. The van der Waals surface area contributed by atoms with Crippen molar-refractivity contribution in [1.29, 1.82) is 0 Å². The molecule has 7 heteroatoms. The number of carbonyl (C=O) groups excluding carboxylic acids is 3. The largest absolute Gasteiger partial charge is 0.325 e. The molecule has 1 aliphatic rings. The molecule has 0 spiro atoms. The van der Waals surface area contributed by atoms with Gasteiger partial charge in [0.2, 0.25) is 0 Å². The fourth-order valence-corrected chi connectivity index (χ4v) is 3.22. The summed E-state index contributed by atoms with van der Waals surface area (Å²) in [6.07, 6.45) is 0. The summed E-state index contributed by atoms with van der Waals surface area (Å²) in [7, 11) is 0. The Kier molecular flexibility index (Phi) is 3.73. The van der Waals surface area contributed by atoms with E-state index < -0.39 is 29.1 Å². The number of thiophene rings is 1. The Morgan fingerprint density at radius 3 is 2.57 bits per heavy atom. The van der Waals surface area contributed by atoms with Gasteiger partial charge in [0.25, 0.3) is 5.91 Å². The van der Waals surface area contributed by atoms with E-state index in [1.165, 1.54) is 23.5 Å². The van der Waals surface area contributed by atoms with Crippen LogP contribution in [0.3, 0.4) is 0 Å². The molecule has 0 bridgehead atoms. The molecular weight excluding hydrogens is 319 g/mol. The fraction of sp³-hybridized carbons (Fsp3) is 0.188. The fourth-order valence-electron chi connectivity index (χ4n) is 2.46. The molecule has 1 atom stereocenters. The van der Waals surface area contributed by atoms with Crippen LogP contribution in [0, 0.1) is 5.82 Å². The number of amides is 3. The van der Waals surface area contributed by atoms with E-state index in [0.29, 0.717) is 5.56 Å². The number of carbonyl (C=O) groups is 3. The molecule has 3 rings (SSSR count). The number of benzene rings is 1. The summed E-state index contributed by atoms with van der Waals surface area (Å²) >= 11 is 1.42. The van der Waals surface area contributed by atoms with Crippen LogP contribution in [-0.2, 0) is 10.3 Å². The van der Waals surface area contributed by atoms with E-state index in [-0.39, 0.29) is 12.1 Å². The summed E-state index contributed by atoms with van der Waals surface area (Å²) in [5.74, 6) is -1.36. The molecule has 2 aromatic rings. The summed E-state index contributed by atoms with van der Waals surface area (Å²) in [5, 5.41) is 6.22. The van der Waals surface area contributed by atoms with Gasteiger partial charge in [-0.2, -0.15) is 11.3 Å². The van der Waals surface area contributed by atoms with Gasteiger partial charge in [-0.05, 0) is 53.6 Å². The lowest BCUT2D eigenvalue weighted by Gasteiger charge is -2.20. The minimum atomic E-state index is -1.17. The van der Waals surface area contributed by atoms with Crippen LogP contribution in [0.5, 0.6) is 0 Å². The third kappa shape index (κ3) is 2.63. The zero-order valence-electron chi connectivity index (χ0n) is 12.2. The standard InChI is InChI=1S/C16H13FN2O3S/c1-16(11-6-7-23-9-11)14(21)19(15(22)18-16)8-13(20)10-2-4-12(17)5-3-10/h2-7,9H,8H2,1H3,(H,18,22)/t16-/m0/s1. The summed E-state index contributed by atoms with van der Waals surface area (Å²) in [6, 6.07) is 6.12. The van der Waals surface area contributed by atoms with E-state index in [1.807, 2.05) is 5.38 Å². The van der Waals surface area contributed by atoms with Crippen LogP contribution in [-0.4, -0.2) is 29.2 Å². The van der Waals surface area contributed by atoms with Crippen molar-refractivity contribution in [2.75, 3.05) is 6.54 Å². The zero-order valence-corrected chi connectivity index (χ0v) is 13.0. The van der Waals surface area contributed by atoms with Gasteiger partial charge >= 0.3 is 6.03 Å². The van der Waals surface area contributed by atoms with Crippen molar-refractivity contribution in [3.05, 3.63) is 58.0 Å².